The fourth-order valence-corrected chi connectivity index (χ4v) is 9.97. The van der Waals surface area contributed by atoms with Crippen molar-refractivity contribution in [1.82, 2.24) is 29.7 Å². The molecule has 1 aliphatic carbocycles. The van der Waals surface area contributed by atoms with Crippen molar-refractivity contribution >= 4 is 22.7 Å². The summed E-state index contributed by atoms with van der Waals surface area (Å²) in [5, 5.41) is 3.63. The Morgan fingerprint density at radius 1 is 1.15 bits per heavy atom. The average molecular weight is 673 g/mol. The summed E-state index contributed by atoms with van der Waals surface area (Å²) in [4.78, 5) is 31.6. The maximum atomic E-state index is 16.9. The number of nitrogens with two attached hydrogens (primary N) is 1. The molecule has 1 spiro atoms. The number of hydrogen-bond donors (Lipinski definition) is 2. The molecule has 3 unspecified atom stereocenters. The van der Waals surface area contributed by atoms with Gasteiger partial charge in [-0.15, -0.1) is 0 Å². The fourth-order valence-electron chi connectivity index (χ4n) is 9.97. The largest absolute Gasteiger partial charge is 0.461 e. The molecule has 0 radical (unpaired) electrons. The molecule has 1 saturated carbocycles. The van der Waals surface area contributed by atoms with E-state index in [9.17, 15) is 22.4 Å². The molecular formula is C33H37F5N8O2. The molecule has 48 heavy (non-hydrogen) atoms. The molecule has 15 heteroatoms. The third kappa shape index (κ3) is 4.41. The number of piperazine rings is 1. The number of alkyl halides is 4. The Morgan fingerprint density at radius 3 is 2.71 bits per heavy atom. The second-order valence-electron chi connectivity index (χ2n) is 15.0. The Morgan fingerprint density at radius 2 is 1.96 bits per heavy atom. The van der Waals surface area contributed by atoms with E-state index in [0.29, 0.717) is 31.7 Å². The quantitative estimate of drug-likeness (QED) is 0.391. The Kier molecular flexibility index (Phi) is 6.49. The van der Waals surface area contributed by atoms with Crippen LogP contribution in [0.25, 0.3) is 22.3 Å². The first-order valence-corrected chi connectivity index (χ1v) is 16.9. The zero-order valence-electron chi connectivity index (χ0n) is 26.5. The highest BCUT2D eigenvalue weighted by atomic mass is 19.4. The van der Waals surface area contributed by atoms with Gasteiger partial charge in [-0.05, 0) is 62.5 Å². The van der Waals surface area contributed by atoms with Crippen LogP contribution >= 0.6 is 0 Å². The molecule has 10 nitrogen and oxygen atoms in total. The van der Waals surface area contributed by atoms with E-state index in [2.05, 4.69) is 25.1 Å². The van der Waals surface area contributed by atoms with Crippen molar-refractivity contribution in [2.45, 2.75) is 101 Å². The number of fused-ring (bicyclic) bond motifs is 6. The van der Waals surface area contributed by atoms with Crippen LogP contribution in [0, 0.1) is 18.2 Å². The van der Waals surface area contributed by atoms with Crippen molar-refractivity contribution in [1.29, 1.82) is 0 Å². The molecule has 3 N–H and O–H groups in total. The molecule has 9 rings (SSSR count). The highest BCUT2D eigenvalue weighted by Gasteiger charge is 2.60. The van der Waals surface area contributed by atoms with Crippen molar-refractivity contribution in [3.05, 3.63) is 33.4 Å². The van der Waals surface area contributed by atoms with Crippen molar-refractivity contribution < 1.29 is 26.7 Å². The number of nitrogens with zero attached hydrogens (tertiary/aromatic N) is 6. The van der Waals surface area contributed by atoms with Crippen LogP contribution in [0.1, 0.15) is 62.5 Å². The maximum Gasteiger partial charge on any atom is 0.418 e. The third-order valence-electron chi connectivity index (χ3n) is 12.0. The zero-order chi connectivity index (χ0) is 33.3. The van der Waals surface area contributed by atoms with E-state index in [-0.39, 0.29) is 65.1 Å². The molecule has 5 atom stereocenters. The molecular weight excluding hydrogens is 635 g/mol. The molecule has 8 heterocycles. The van der Waals surface area contributed by atoms with Crippen molar-refractivity contribution in [3.8, 4) is 17.3 Å². The third-order valence-corrected chi connectivity index (χ3v) is 12.0. The minimum atomic E-state index is -4.94. The lowest BCUT2D eigenvalue weighted by Gasteiger charge is -2.41. The number of halogens is 5. The van der Waals surface area contributed by atoms with Gasteiger partial charge in [-0.2, -0.15) is 23.1 Å². The van der Waals surface area contributed by atoms with Crippen molar-refractivity contribution in [2.75, 3.05) is 36.9 Å². The summed E-state index contributed by atoms with van der Waals surface area (Å²) in [6, 6.07) is 1.07. The highest BCUT2D eigenvalue weighted by molar-refractivity contribution is 5.91. The van der Waals surface area contributed by atoms with Gasteiger partial charge in [0.25, 0.3) is 5.56 Å². The predicted molar refractivity (Wildman–Crippen MR) is 167 cm³/mol. The summed E-state index contributed by atoms with van der Waals surface area (Å²) in [5.41, 5.74) is 1.10. The van der Waals surface area contributed by atoms with E-state index in [1.165, 1.54) is 11.5 Å². The van der Waals surface area contributed by atoms with Gasteiger partial charge in [0.05, 0.1) is 16.8 Å². The summed E-state index contributed by atoms with van der Waals surface area (Å²) < 4.78 is 82.7. The number of nitrogens with one attached hydrogen (secondary N) is 1. The number of ether oxygens (including phenoxy) is 1. The van der Waals surface area contributed by atoms with Crippen LogP contribution in [0.3, 0.4) is 0 Å². The van der Waals surface area contributed by atoms with Gasteiger partial charge < -0.3 is 25.3 Å². The van der Waals surface area contributed by atoms with Crippen LogP contribution in [0.2, 0.25) is 0 Å². The average Bonchev–Trinajstić information content (AvgIpc) is 3.59. The Labute approximate surface area is 272 Å². The van der Waals surface area contributed by atoms with Crippen LogP contribution in [0.5, 0.6) is 6.01 Å². The van der Waals surface area contributed by atoms with Crippen molar-refractivity contribution in [2.24, 2.45) is 5.41 Å². The zero-order valence-corrected chi connectivity index (χ0v) is 26.5. The van der Waals surface area contributed by atoms with Gasteiger partial charge in [0.1, 0.15) is 35.2 Å². The van der Waals surface area contributed by atoms with E-state index in [1.54, 1.807) is 0 Å². The Balaban J connectivity index is 1.22. The van der Waals surface area contributed by atoms with Gasteiger partial charge in [-0.1, -0.05) is 6.42 Å². The highest BCUT2D eigenvalue weighted by Crippen LogP contribution is 2.57. The van der Waals surface area contributed by atoms with Gasteiger partial charge in [-0.25, -0.2) is 13.8 Å². The number of aryl methyl sites for hydroxylation is 2. The predicted octanol–water partition coefficient (Wildman–Crippen LogP) is 4.35. The summed E-state index contributed by atoms with van der Waals surface area (Å²) in [6.07, 6.45) is 0.865. The molecule has 0 aromatic carbocycles. The lowest BCUT2D eigenvalue weighted by Crippen LogP contribution is -2.58. The fraction of sp³-hybridized carbons (Fsp3) is 0.636. The Hall–Kier alpha value is -3.59. The SMILES string of the molecule is Cc1cc(N)nc(-c2c(F)c3nc(OC[C@]45C[C@@H](F)CN4CC4(CCC4)C5)nc4c3n(c2=O)CCC2C3CCC(CN42)N3)c1C(F)(F)F. The van der Waals surface area contributed by atoms with Crippen LogP contribution < -0.4 is 26.2 Å². The number of rotatable bonds is 4. The number of hydrogen-bond acceptors (Lipinski definition) is 9. The van der Waals surface area contributed by atoms with Crippen LogP contribution in [-0.2, 0) is 12.7 Å². The molecule has 256 valence electrons. The van der Waals surface area contributed by atoms with Gasteiger partial charge in [0, 0.05) is 50.7 Å². The van der Waals surface area contributed by atoms with E-state index in [0.717, 1.165) is 51.1 Å². The van der Waals surface area contributed by atoms with Crippen LogP contribution in [0.15, 0.2) is 10.9 Å². The molecule has 6 aliphatic rings. The van der Waals surface area contributed by atoms with E-state index >= 15 is 4.39 Å². The molecule has 3 aromatic heterocycles. The lowest BCUT2D eigenvalue weighted by atomic mass is 9.65. The minimum absolute atomic E-state index is 0.0940. The van der Waals surface area contributed by atoms with Crippen LogP contribution in [-0.4, -0.2) is 80.5 Å². The molecule has 4 saturated heterocycles. The van der Waals surface area contributed by atoms with Crippen molar-refractivity contribution in [3.63, 3.8) is 0 Å². The Bertz CT molecular complexity index is 1910. The van der Waals surface area contributed by atoms with Gasteiger partial charge in [0.15, 0.2) is 11.6 Å². The van der Waals surface area contributed by atoms with E-state index < -0.39 is 46.1 Å². The van der Waals surface area contributed by atoms with E-state index in [4.69, 9.17) is 15.5 Å². The van der Waals surface area contributed by atoms with Crippen LogP contribution in [0.4, 0.5) is 33.6 Å². The molecule has 5 fully saturated rings. The lowest BCUT2D eigenvalue weighted by molar-refractivity contribution is -0.137. The second-order valence-corrected chi connectivity index (χ2v) is 15.0. The molecule has 2 bridgehead atoms. The summed E-state index contributed by atoms with van der Waals surface area (Å²) in [7, 11) is 0. The van der Waals surface area contributed by atoms with Gasteiger partial charge >= 0.3 is 12.2 Å². The monoisotopic (exact) mass is 672 g/mol. The topological polar surface area (TPSA) is 114 Å². The second kappa shape index (κ2) is 10.2. The maximum absolute atomic E-state index is 16.9. The number of anilines is 2. The van der Waals surface area contributed by atoms with Gasteiger partial charge in [-0.3, -0.25) is 9.69 Å². The normalized spacial score (nSPS) is 30.4. The van der Waals surface area contributed by atoms with E-state index in [1.807, 2.05) is 0 Å². The summed E-state index contributed by atoms with van der Waals surface area (Å²) in [6.45, 7) is 3.11. The minimum Gasteiger partial charge on any atom is -0.461 e. The number of aromatic nitrogens is 4. The molecule has 0 amide bonds. The van der Waals surface area contributed by atoms with Gasteiger partial charge in [0.2, 0.25) is 0 Å². The summed E-state index contributed by atoms with van der Waals surface area (Å²) in [5.74, 6) is -1.19. The molecule has 5 aliphatic heterocycles. The molecule has 3 aromatic rings. The summed E-state index contributed by atoms with van der Waals surface area (Å²) >= 11 is 0. The smallest absolute Gasteiger partial charge is 0.418 e. The first-order valence-electron chi connectivity index (χ1n) is 16.9. The number of pyridine rings is 2. The first-order chi connectivity index (χ1) is 22.8. The number of nitrogen functional groups attached to an aromatic ring is 1. The standard InChI is InChI=1S/C33H37F5N8O2/c1-16-9-21(39)41-25(23(16)33(36,37)38)22-24(35)26-27-28(46-12-18-3-4-19(40-18)20(46)5-8-45(27)29(22)47)43-30(42-26)48-15-32-10-17(34)11-44(32)14-31(13-32)6-2-7-31/h9,17-20,40H,2-8,10-15H2,1H3,(H2,39,41)/t17-,18?,19?,20?,32-/m1/s1. The first kappa shape index (κ1) is 30.5.